The Morgan fingerprint density at radius 1 is 1.15 bits per heavy atom. The number of hydrogen-bond acceptors (Lipinski definition) is 6. The number of halogens is 2. The van der Waals surface area contributed by atoms with Gasteiger partial charge in [0.05, 0.1) is 22.2 Å². The van der Waals surface area contributed by atoms with E-state index >= 15 is 0 Å². The number of fused-ring (bicyclic) bond motifs is 1. The number of rotatable bonds is 8. The number of aromatic amines is 1. The molecular formula is C28H23ClFN5O4S. The molecule has 5 rings (SSSR count). The molecule has 12 heteroatoms. The van der Waals surface area contributed by atoms with Crippen LogP contribution in [0.2, 0.25) is 5.02 Å². The summed E-state index contributed by atoms with van der Waals surface area (Å²) in [6.07, 6.45) is 7.42. The van der Waals surface area contributed by atoms with Gasteiger partial charge in [-0.1, -0.05) is 17.7 Å². The lowest BCUT2D eigenvalue weighted by Gasteiger charge is -2.12. The predicted molar refractivity (Wildman–Crippen MR) is 149 cm³/mol. The Morgan fingerprint density at radius 3 is 2.75 bits per heavy atom. The lowest BCUT2D eigenvalue weighted by Crippen LogP contribution is -2.23. The summed E-state index contributed by atoms with van der Waals surface area (Å²) in [6, 6.07) is 12.2. The van der Waals surface area contributed by atoms with Crippen molar-refractivity contribution in [1.82, 2.24) is 24.8 Å². The fourth-order valence-corrected chi connectivity index (χ4v) is 5.42. The van der Waals surface area contributed by atoms with Gasteiger partial charge in [0.2, 0.25) is 0 Å². The first-order valence-electron chi connectivity index (χ1n) is 12.1. The Labute approximate surface area is 233 Å². The standard InChI is InChI=1S/C28H23ClFN5O4S/c1-40(38,39)26-9-17(13-32-25(26)16-35-7-3-2-4-27(35)36)8-20-10-18(5-6-31-20)28(37)34-14-19-11-21-22(29)15-33-24(21)12-23(19)30/h2-7,9-13,15,33H,8,14,16H2,1H3,(H,34,37). The van der Waals surface area contributed by atoms with Crippen molar-refractivity contribution in [2.75, 3.05) is 6.26 Å². The minimum absolute atomic E-state index is 0.0000815. The smallest absolute Gasteiger partial charge is 0.251 e. The summed E-state index contributed by atoms with van der Waals surface area (Å²) in [7, 11) is -3.66. The van der Waals surface area contributed by atoms with Gasteiger partial charge in [0.1, 0.15) is 5.82 Å². The molecule has 4 heterocycles. The highest BCUT2D eigenvalue weighted by molar-refractivity contribution is 7.90. The van der Waals surface area contributed by atoms with Crippen molar-refractivity contribution in [3.05, 3.63) is 123 Å². The van der Waals surface area contributed by atoms with Gasteiger partial charge in [0.25, 0.3) is 11.5 Å². The van der Waals surface area contributed by atoms with Crippen LogP contribution in [0.3, 0.4) is 0 Å². The molecule has 0 aliphatic heterocycles. The van der Waals surface area contributed by atoms with Crippen molar-refractivity contribution in [2.45, 2.75) is 24.4 Å². The minimum Gasteiger partial charge on any atom is -0.360 e. The van der Waals surface area contributed by atoms with Crippen molar-refractivity contribution in [3.63, 3.8) is 0 Å². The zero-order chi connectivity index (χ0) is 28.4. The van der Waals surface area contributed by atoms with E-state index in [1.807, 2.05) is 0 Å². The van der Waals surface area contributed by atoms with Gasteiger partial charge in [-0.25, -0.2) is 12.8 Å². The number of benzene rings is 1. The van der Waals surface area contributed by atoms with Crippen molar-refractivity contribution >= 4 is 38.2 Å². The van der Waals surface area contributed by atoms with Crippen LogP contribution in [-0.2, 0) is 29.3 Å². The highest BCUT2D eigenvalue weighted by Crippen LogP contribution is 2.26. The second kappa shape index (κ2) is 11.0. The molecule has 0 aliphatic carbocycles. The number of pyridine rings is 3. The lowest BCUT2D eigenvalue weighted by molar-refractivity contribution is 0.0950. The van der Waals surface area contributed by atoms with E-state index in [-0.39, 0.29) is 41.2 Å². The van der Waals surface area contributed by atoms with Gasteiger partial charge in [-0.15, -0.1) is 0 Å². The summed E-state index contributed by atoms with van der Waals surface area (Å²) < 4.78 is 40.9. The zero-order valence-electron chi connectivity index (χ0n) is 21.2. The minimum atomic E-state index is -3.66. The molecule has 0 fully saturated rings. The molecule has 40 heavy (non-hydrogen) atoms. The highest BCUT2D eigenvalue weighted by atomic mass is 35.5. The SMILES string of the molecule is CS(=O)(=O)c1cc(Cc2cc(C(=O)NCc3cc4c(Cl)c[nH]c4cc3F)ccn2)cnc1Cn1ccccc1=O. The van der Waals surface area contributed by atoms with Crippen molar-refractivity contribution < 1.29 is 17.6 Å². The summed E-state index contributed by atoms with van der Waals surface area (Å²) in [5.74, 6) is -0.904. The quantitative estimate of drug-likeness (QED) is 0.287. The van der Waals surface area contributed by atoms with E-state index in [1.165, 1.54) is 41.2 Å². The van der Waals surface area contributed by atoms with Crippen LogP contribution in [0.1, 0.15) is 32.9 Å². The molecule has 0 unspecified atom stereocenters. The van der Waals surface area contributed by atoms with Gasteiger partial charge < -0.3 is 14.9 Å². The summed E-state index contributed by atoms with van der Waals surface area (Å²) >= 11 is 6.13. The van der Waals surface area contributed by atoms with Crippen LogP contribution in [0, 0.1) is 5.82 Å². The van der Waals surface area contributed by atoms with E-state index in [0.717, 1.165) is 6.26 Å². The zero-order valence-corrected chi connectivity index (χ0v) is 22.8. The fraction of sp³-hybridized carbons (Fsp3) is 0.143. The lowest BCUT2D eigenvalue weighted by atomic mass is 10.1. The van der Waals surface area contributed by atoms with E-state index in [1.54, 1.807) is 36.7 Å². The molecule has 0 spiro atoms. The number of aromatic nitrogens is 4. The number of H-pyrrole nitrogens is 1. The summed E-state index contributed by atoms with van der Waals surface area (Å²) in [6.45, 7) is -0.0482. The molecule has 0 saturated heterocycles. The van der Waals surface area contributed by atoms with Crippen molar-refractivity contribution in [3.8, 4) is 0 Å². The average Bonchev–Trinajstić information content (AvgIpc) is 3.27. The number of carbonyl (C=O) groups excluding carboxylic acids is 1. The number of nitrogens with zero attached hydrogens (tertiary/aromatic N) is 3. The number of amides is 1. The fourth-order valence-electron chi connectivity index (χ4n) is 4.29. The Balaban J connectivity index is 1.33. The second-order valence-electron chi connectivity index (χ2n) is 9.25. The van der Waals surface area contributed by atoms with Gasteiger partial charge in [0, 0.05) is 77.8 Å². The normalized spacial score (nSPS) is 11.6. The first-order valence-corrected chi connectivity index (χ1v) is 14.4. The average molecular weight is 580 g/mol. The molecule has 2 N–H and O–H groups in total. The topological polar surface area (TPSA) is 127 Å². The third-order valence-corrected chi connectivity index (χ3v) is 7.77. The molecule has 204 valence electrons. The maximum atomic E-state index is 14.5. The number of hydrogen-bond donors (Lipinski definition) is 2. The van der Waals surface area contributed by atoms with E-state index in [0.29, 0.717) is 32.7 Å². The van der Waals surface area contributed by atoms with Crippen LogP contribution in [0.4, 0.5) is 4.39 Å². The maximum Gasteiger partial charge on any atom is 0.251 e. The Hall–Kier alpha value is -4.35. The molecule has 0 bridgehead atoms. The van der Waals surface area contributed by atoms with Crippen molar-refractivity contribution in [2.24, 2.45) is 0 Å². The highest BCUT2D eigenvalue weighted by Gasteiger charge is 2.18. The third kappa shape index (κ3) is 5.95. The maximum absolute atomic E-state index is 14.5. The Kier molecular flexibility index (Phi) is 7.51. The molecule has 0 radical (unpaired) electrons. The van der Waals surface area contributed by atoms with Crippen LogP contribution in [0.5, 0.6) is 0 Å². The number of nitrogens with one attached hydrogen (secondary N) is 2. The molecule has 0 saturated carbocycles. The predicted octanol–water partition coefficient (Wildman–Crippen LogP) is 3.88. The van der Waals surface area contributed by atoms with E-state index < -0.39 is 21.6 Å². The van der Waals surface area contributed by atoms with Gasteiger partial charge in [0.15, 0.2) is 9.84 Å². The number of carbonyl (C=O) groups is 1. The van der Waals surface area contributed by atoms with Crippen LogP contribution >= 0.6 is 11.6 Å². The largest absolute Gasteiger partial charge is 0.360 e. The molecule has 4 aromatic heterocycles. The summed E-state index contributed by atoms with van der Waals surface area (Å²) in [5, 5.41) is 3.82. The third-order valence-electron chi connectivity index (χ3n) is 6.31. The molecule has 1 aromatic carbocycles. The number of sulfone groups is 1. The molecular weight excluding hydrogens is 557 g/mol. The molecule has 9 nitrogen and oxygen atoms in total. The van der Waals surface area contributed by atoms with E-state index in [4.69, 9.17) is 11.6 Å². The molecule has 0 aliphatic rings. The van der Waals surface area contributed by atoms with Gasteiger partial charge in [-0.05, 0) is 42.0 Å². The van der Waals surface area contributed by atoms with E-state index in [2.05, 4.69) is 20.3 Å². The monoisotopic (exact) mass is 579 g/mol. The van der Waals surface area contributed by atoms with Crippen LogP contribution in [0.25, 0.3) is 10.9 Å². The van der Waals surface area contributed by atoms with Gasteiger partial charge in [-0.3, -0.25) is 19.6 Å². The molecule has 1 amide bonds. The Morgan fingerprint density at radius 2 is 1.98 bits per heavy atom. The van der Waals surface area contributed by atoms with Gasteiger partial charge >= 0.3 is 0 Å². The second-order valence-corrected chi connectivity index (χ2v) is 11.6. The van der Waals surface area contributed by atoms with Crippen LogP contribution in [0.15, 0.2) is 83.0 Å². The summed E-state index contributed by atoms with van der Waals surface area (Å²) in [5.41, 5.74) is 2.19. The van der Waals surface area contributed by atoms with E-state index in [9.17, 15) is 22.4 Å². The van der Waals surface area contributed by atoms with Crippen LogP contribution < -0.4 is 10.9 Å². The van der Waals surface area contributed by atoms with Crippen LogP contribution in [-0.4, -0.2) is 40.1 Å². The first-order chi connectivity index (χ1) is 19.1. The van der Waals surface area contributed by atoms with Crippen molar-refractivity contribution in [1.29, 1.82) is 0 Å². The summed E-state index contributed by atoms with van der Waals surface area (Å²) in [4.78, 5) is 36.5. The molecule has 5 aromatic rings. The molecule has 0 atom stereocenters. The van der Waals surface area contributed by atoms with Gasteiger partial charge in [-0.2, -0.15) is 0 Å². The first kappa shape index (κ1) is 27.2. The Bertz CT molecular complexity index is 1920.